The van der Waals surface area contributed by atoms with Crippen LogP contribution in [0.1, 0.15) is 50.2 Å². The van der Waals surface area contributed by atoms with Crippen LogP contribution in [0.25, 0.3) is 6.08 Å². The number of hydrogen-bond donors (Lipinski definition) is 1. The van der Waals surface area contributed by atoms with Gasteiger partial charge in [0.1, 0.15) is 6.10 Å². The standard InChI is InChI=1S/C26H29F3O5/c1-17-5-3-2-4-6-19-15-21(30)16-22(19)23(12-14-24(31)33-17)34-25(32)13-9-18-7-10-20(11-8-18)26(27,28)29/h4,6-14,17,19,21-23,30H,2-3,5,15-16H2,1H3/b6-4+,13-9+,14-12?/t17-,19+,21-,22+,23+/m0/s1. The molecule has 34 heavy (non-hydrogen) atoms. The van der Waals surface area contributed by atoms with E-state index in [4.69, 9.17) is 9.47 Å². The number of esters is 2. The van der Waals surface area contributed by atoms with Crippen molar-refractivity contribution in [3.05, 3.63) is 65.8 Å². The molecule has 5 nitrogen and oxygen atoms in total. The van der Waals surface area contributed by atoms with Crippen molar-refractivity contribution in [3.8, 4) is 0 Å². The van der Waals surface area contributed by atoms with Crippen molar-refractivity contribution >= 4 is 18.0 Å². The summed E-state index contributed by atoms with van der Waals surface area (Å²) < 4.78 is 49.1. The first kappa shape index (κ1) is 25.7. The van der Waals surface area contributed by atoms with Crippen molar-refractivity contribution in [2.75, 3.05) is 0 Å². The Labute approximate surface area is 196 Å². The molecule has 1 saturated carbocycles. The lowest BCUT2D eigenvalue weighted by atomic mass is 9.89. The number of cyclic esters (lactones) is 1. The lowest BCUT2D eigenvalue weighted by Crippen LogP contribution is -2.27. The van der Waals surface area contributed by atoms with Gasteiger partial charge in [0.2, 0.25) is 0 Å². The summed E-state index contributed by atoms with van der Waals surface area (Å²) in [5.74, 6) is -1.48. The molecular formula is C26H29F3O5. The highest BCUT2D eigenvalue weighted by Crippen LogP contribution is 2.37. The Hall–Kier alpha value is -2.87. The van der Waals surface area contributed by atoms with E-state index in [-0.39, 0.29) is 17.9 Å². The molecule has 0 amide bonds. The maximum absolute atomic E-state index is 12.7. The molecule has 0 unspecified atom stereocenters. The van der Waals surface area contributed by atoms with Crippen molar-refractivity contribution in [3.63, 3.8) is 0 Å². The highest BCUT2D eigenvalue weighted by atomic mass is 19.4. The topological polar surface area (TPSA) is 72.8 Å². The number of carbonyl (C=O) groups excluding carboxylic acids is 2. The molecule has 5 atom stereocenters. The fourth-order valence-electron chi connectivity index (χ4n) is 4.33. The van der Waals surface area contributed by atoms with Gasteiger partial charge in [-0.25, -0.2) is 9.59 Å². The van der Waals surface area contributed by atoms with Gasteiger partial charge in [-0.1, -0.05) is 24.3 Å². The van der Waals surface area contributed by atoms with Crippen molar-refractivity contribution in [2.24, 2.45) is 11.8 Å². The van der Waals surface area contributed by atoms with E-state index in [1.165, 1.54) is 30.4 Å². The third kappa shape index (κ3) is 7.58. The second kappa shape index (κ2) is 11.5. The second-order valence-corrected chi connectivity index (χ2v) is 8.77. The zero-order chi connectivity index (χ0) is 24.7. The summed E-state index contributed by atoms with van der Waals surface area (Å²) in [7, 11) is 0. The molecule has 1 aliphatic heterocycles. The molecule has 3 rings (SSSR count). The minimum absolute atomic E-state index is 0.0226. The molecule has 0 bridgehead atoms. The quantitative estimate of drug-likeness (QED) is 0.365. The lowest BCUT2D eigenvalue weighted by Gasteiger charge is -2.24. The van der Waals surface area contributed by atoms with E-state index in [2.05, 4.69) is 6.08 Å². The van der Waals surface area contributed by atoms with Crippen LogP contribution in [-0.2, 0) is 25.2 Å². The Kier molecular flexibility index (Phi) is 8.72. The van der Waals surface area contributed by atoms with E-state index < -0.39 is 35.9 Å². The summed E-state index contributed by atoms with van der Waals surface area (Å²) in [5, 5.41) is 10.2. The van der Waals surface area contributed by atoms with Crippen molar-refractivity contribution in [1.82, 2.24) is 0 Å². The summed E-state index contributed by atoms with van der Waals surface area (Å²) in [5.41, 5.74) is -0.369. The number of rotatable bonds is 3. The van der Waals surface area contributed by atoms with E-state index in [0.29, 0.717) is 18.4 Å². The van der Waals surface area contributed by atoms with Crippen LogP contribution < -0.4 is 0 Å². The Bertz CT molecular complexity index is 933. The van der Waals surface area contributed by atoms with Gasteiger partial charge in [-0.2, -0.15) is 13.2 Å². The maximum Gasteiger partial charge on any atom is 0.416 e. The Morgan fingerprint density at radius 1 is 1.18 bits per heavy atom. The Balaban J connectivity index is 1.75. The first-order valence-electron chi connectivity index (χ1n) is 11.4. The number of hydrogen-bond acceptors (Lipinski definition) is 5. The fraction of sp³-hybridized carbons (Fsp3) is 0.462. The molecule has 1 aliphatic carbocycles. The number of allylic oxidation sites excluding steroid dienone is 2. The minimum atomic E-state index is -4.43. The molecule has 1 aromatic rings. The van der Waals surface area contributed by atoms with E-state index >= 15 is 0 Å². The summed E-state index contributed by atoms with van der Waals surface area (Å²) in [6.45, 7) is 1.82. The van der Waals surface area contributed by atoms with Crippen LogP contribution in [0.3, 0.4) is 0 Å². The average molecular weight is 479 g/mol. The number of alkyl halides is 3. The number of halogens is 3. The zero-order valence-electron chi connectivity index (χ0n) is 18.9. The number of aliphatic hydroxyl groups excluding tert-OH is 1. The number of fused-ring (bicyclic) bond motifs is 1. The van der Waals surface area contributed by atoms with Crippen LogP contribution >= 0.6 is 0 Å². The predicted molar refractivity (Wildman–Crippen MR) is 120 cm³/mol. The van der Waals surface area contributed by atoms with Crippen LogP contribution in [0.2, 0.25) is 0 Å². The molecule has 184 valence electrons. The van der Waals surface area contributed by atoms with Gasteiger partial charge in [0.25, 0.3) is 0 Å². The van der Waals surface area contributed by atoms with Gasteiger partial charge in [-0.05, 0) is 74.8 Å². The Morgan fingerprint density at radius 2 is 1.91 bits per heavy atom. The van der Waals surface area contributed by atoms with Gasteiger partial charge in [-0.15, -0.1) is 0 Å². The number of ether oxygens (including phenoxy) is 2. The molecule has 1 aromatic carbocycles. The number of carbonyl (C=O) groups is 2. The maximum atomic E-state index is 12.7. The molecule has 0 spiro atoms. The first-order valence-corrected chi connectivity index (χ1v) is 11.4. The Morgan fingerprint density at radius 3 is 2.62 bits per heavy atom. The molecule has 0 aromatic heterocycles. The number of benzene rings is 1. The SMILES string of the molecule is C[C@H]1CCC/C=C/[C@@H]2C[C@H](O)C[C@H]2[C@H](OC(=O)/C=C/c2ccc(C(F)(F)F)cc2)C=CC(=O)O1. The van der Waals surface area contributed by atoms with Crippen molar-refractivity contribution < 1.29 is 37.3 Å². The van der Waals surface area contributed by atoms with Crippen LogP contribution in [0.4, 0.5) is 13.2 Å². The highest BCUT2D eigenvalue weighted by Gasteiger charge is 2.38. The van der Waals surface area contributed by atoms with Gasteiger partial charge in [0.05, 0.1) is 17.8 Å². The van der Waals surface area contributed by atoms with Crippen molar-refractivity contribution in [2.45, 2.75) is 63.5 Å². The molecular weight excluding hydrogens is 449 g/mol. The van der Waals surface area contributed by atoms with Crippen LogP contribution in [0.5, 0.6) is 0 Å². The van der Waals surface area contributed by atoms with Gasteiger partial charge < -0.3 is 14.6 Å². The van der Waals surface area contributed by atoms with Crippen LogP contribution in [-0.4, -0.2) is 35.4 Å². The van der Waals surface area contributed by atoms with Crippen molar-refractivity contribution in [1.29, 1.82) is 0 Å². The molecule has 1 fully saturated rings. The predicted octanol–water partition coefficient (Wildman–Crippen LogP) is 5.25. The fourth-order valence-corrected chi connectivity index (χ4v) is 4.33. The highest BCUT2D eigenvalue weighted by molar-refractivity contribution is 5.87. The largest absolute Gasteiger partial charge is 0.460 e. The molecule has 8 heteroatoms. The zero-order valence-corrected chi connectivity index (χ0v) is 18.9. The second-order valence-electron chi connectivity index (χ2n) is 8.77. The van der Waals surface area contributed by atoms with Gasteiger partial charge in [-0.3, -0.25) is 0 Å². The van der Waals surface area contributed by atoms with Gasteiger partial charge in [0.15, 0.2) is 0 Å². The minimum Gasteiger partial charge on any atom is -0.460 e. The van der Waals surface area contributed by atoms with Gasteiger partial charge >= 0.3 is 18.1 Å². The van der Waals surface area contributed by atoms with Crippen LogP contribution in [0.15, 0.2) is 54.6 Å². The van der Waals surface area contributed by atoms with E-state index in [0.717, 1.165) is 37.5 Å². The number of aliphatic hydroxyl groups is 1. The summed E-state index contributed by atoms with van der Waals surface area (Å²) in [6.07, 6.45) is 6.68. The summed E-state index contributed by atoms with van der Waals surface area (Å²) >= 11 is 0. The van der Waals surface area contributed by atoms with E-state index in [1.807, 2.05) is 13.0 Å². The molecule has 0 saturated heterocycles. The lowest BCUT2D eigenvalue weighted by molar-refractivity contribution is -0.145. The molecule has 0 radical (unpaired) electrons. The third-order valence-corrected chi connectivity index (χ3v) is 6.07. The molecule has 1 N–H and O–H groups in total. The summed E-state index contributed by atoms with van der Waals surface area (Å²) in [4.78, 5) is 24.7. The molecule has 1 heterocycles. The van der Waals surface area contributed by atoms with E-state index in [1.54, 1.807) is 0 Å². The summed E-state index contributed by atoms with van der Waals surface area (Å²) in [6, 6.07) is 4.40. The molecule has 2 aliphatic rings. The van der Waals surface area contributed by atoms with Crippen LogP contribution in [0, 0.1) is 11.8 Å². The smallest absolute Gasteiger partial charge is 0.416 e. The first-order chi connectivity index (χ1) is 16.1. The monoisotopic (exact) mass is 478 g/mol. The average Bonchev–Trinajstić information content (AvgIpc) is 3.14. The third-order valence-electron chi connectivity index (χ3n) is 6.07. The van der Waals surface area contributed by atoms with E-state index in [9.17, 15) is 27.9 Å². The normalized spacial score (nSPS) is 29.4. The van der Waals surface area contributed by atoms with Gasteiger partial charge in [0, 0.05) is 18.1 Å².